The SMILES string of the molecule is N#CC(C(N)=O)=C(O)C(=CC(=O)c1ccc(Cl)cc1)Nc1sc2c(c1C#N)CCCC2. The quantitative estimate of drug-likeness (QED) is 0.198. The third-order valence-corrected chi connectivity index (χ3v) is 6.24. The van der Waals surface area contributed by atoms with E-state index in [4.69, 9.17) is 17.3 Å². The largest absolute Gasteiger partial charge is 0.504 e. The number of aliphatic hydroxyl groups is 1. The molecular weight excluding hydrogens is 436 g/mol. The Kier molecular flexibility index (Phi) is 6.76. The lowest BCUT2D eigenvalue weighted by Crippen LogP contribution is -2.17. The molecule has 156 valence electrons. The average molecular weight is 453 g/mol. The van der Waals surface area contributed by atoms with Crippen molar-refractivity contribution in [2.45, 2.75) is 25.7 Å². The van der Waals surface area contributed by atoms with E-state index in [2.05, 4.69) is 11.4 Å². The molecule has 0 atom stereocenters. The topological polar surface area (TPSA) is 140 Å². The van der Waals surface area contributed by atoms with E-state index in [-0.39, 0.29) is 11.3 Å². The fraction of sp³-hybridized carbons (Fsp3) is 0.182. The van der Waals surface area contributed by atoms with Gasteiger partial charge in [-0.3, -0.25) is 9.59 Å². The Morgan fingerprint density at radius 1 is 1.19 bits per heavy atom. The molecule has 31 heavy (non-hydrogen) atoms. The molecule has 0 saturated heterocycles. The van der Waals surface area contributed by atoms with Gasteiger partial charge in [0.15, 0.2) is 17.1 Å². The van der Waals surface area contributed by atoms with Crippen LogP contribution >= 0.6 is 22.9 Å². The number of primary amides is 1. The van der Waals surface area contributed by atoms with Crippen LogP contribution in [0.4, 0.5) is 5.00 Å². The minimum absolute atomic E-state index is 0.203. The highest BCUT2D eigenvalue weighted by Crippen LogP contribution is 2.38. The maximum Gasteiger partial charge on any atom is 0.263 e. The second kappa shape index (κ2) is 9.48. The minimum atomic E-state index is -1.14. The Labute approximate surface area is 187 Å². The summed E-state index contributed by atoms with van der Waals surface area (Å²) in [6, 6.07) is 9.80. The Morgan fingerprint density at radius 3 is 2.48 bits per heavy atom. The standard InChI is InChI=1S/C22H17ClN4O3S/c23-13-7-5-12(6-8-13)18(28)9-17(20(29)16(11-25)21(26)30)27-22-15(10-24)14-3-1-2-4-19(14)31-22/h5-9,27,29H,1-4H2,(H2,26,30). The van der Waals surface area contributed by atoms with Crippen LogP contribution in [0.1, 0.15) is 39.2 Å². The van der Waals surface area contributed by atoms with Gasteiger partial charge in [0.1, 0.15) is 17.1 Å². The van der Waals surface area contributed by atoms with E-state index in [0.29, 0.717) is 15.6 Å². The highest BCUT2D eigenvalue weighted by atomic mass is 35.5. The monoisotopic (exact) mass is 452 g/mol. The Bertz CT molecular complexity index is 1200. The highest BCUT2D eigenvalue weighted by molar-refractivity contribution is 7.16. The molecule has 0 aliphatic heterocycles. The van der Waals surface area contributed by atoms with Crippen molar-refractivity contribution in [3.63, 3.8) is 0 Å². The van der Waals surface area contributed by atoms with E-state index in [0.717, 1.165) is 42.2 Å². The van der Waals surface area contributed by atoms with E-state index in [1.54, 1.807) is 6.07 Å². The molecule has 0 unspecified atom stereocenters. The lowest BCUT2D eigenvalue weighted by molar-refractivity contribution is -0.114. The van der Waals surface area contributed by atoms with Gasteiger partial charge in [-0.25, -0.2) is 0 Å². The van der Waals surface area contributed by atoms with E-state index in [9.17, 15) is 25.2 Å². The molecule has 1 aliphatic rings. The third-order valence-electron chi connectivity index (χ3n) is 4.79. The number of hydrogen-bond donors (Lipinski definition) is 3. The number of hydrogen-bond acceptors (Lipinski definition) is 7. The second-order valence-corrected chi connectivity index (χ2v) is 8.32. The summed E-state index contributed by atoms with van der Waals surface area (Å²) in [7, 11) is 0. The number of thiophene rings is 1. The van der Waals surface area contributed by atoms with Crippen molar-refractivity contribution in [2.75, 3.05) is 5.32 Å². The number of halogens is 1. The molecule has 2 aromatic rings. The van der Waals surface area contributed by atoms with Crippen molar-refractivity contribution in [3.8, 4) is 12.1 Å². The zero-order valence-corrected chi connectivity index (χ0v) is 17.8. The number of fused-ring (bicyclic) bond motifs is 1. The lowest BCUT2D eigenvalue weighted by Gasteiger charge is -2.11. The minimum Gasteiger partial charge on any atom is -0.504 e. The van der Waals surface area contributed by atoms with Gasteiger partial charge in [-0.05, 0) is 55.5 Å². The van der Waals surface area contributed by atoms with Crippen molar-refractivity contribution in [1.82, 2.24) is 0 Å². The summed E-state index contributed by atoms with van der Waals surface area (Å²) in [6.45, 7) is 0. The van der Waals surface area contributed by atoms with E-state index >= 15 is 0 Å². The summed E-state index contributed by atoms with van der Waals surface area (Å²) in [6.07, 6.45) is 4.65. The van der Waals surface area contributed by atoms with Crippen molar-refractivity contribution in [3.05, 3.63) is 74.0 Å². The maximum absolute atomic E-state index is 12.7. The van der Waals surface area contributed by atoms with Gasteiger partial charge in [-0.1, -0.05) is 11.6 Å². The maximum atomic E-state index is 12.7. The molecule has 3 rings (SSSR count). The average Bonchev–Trinajstić information content (AvgIpc) is 3.10. The summed E-state index contributed by atoms with van der Waals surface area (Å²) < 4.78 is 0. The summed E-state index contributed by atoms with van der Waals surface area (Å²) in [5, 5.41) is 33.2. The molecular formula is C22H17ClN4O3S. The first-order chi connectivity index (χ1) is 14.8. The van der Waals surface area contributed by atoms with E-state index in [1.807, 2.05) is 0 Å². The van der Waals surface area contributed by atoms with Gasteiger partial charge in [0.05, 0.1) is 11.3 Å². The molecule has 1 amide bonds. The molecule has 0 radical (unpaired) electrons. The number of ketones is 1. The molecule has 0 bridgehead atoms. The van der Waals surface area contributed by atoms with E-state index < -0.39 is 23.0 Å². The van der Waals surface area contributed by atoms with Crippen molar-refractivity contribution in [1.29, 1.82) is 10.5 Å². The van der Waals surface area contributed by atoms with Crippen LogP contribution in [0, 0.1) is 22.7 Å². The number of anilines is 1. The first-order valence-corrected chi connectivity index (χ1v) is 10.5. The number of carbonyl (C=O) groups excluding carboxylic acids is 2. The summed E-state index contributed by atoms with van der Waals surface area (Å²) in [5.74, 6) is -2.42. The molecule has 7 nitrogen and oxygen atoms in total. The fourth-order valence-corrected chi connectivity index (χ4v) is 4.62. The predicted molar refractivity (Wildman–Crippen MR) is 118 cm³/mol. The number of aliphatic hydroxyl groups excluding tert-OH is 1. The number of benzene rings is 1. The highest BCUT2D eigenvalue weighted by Gasteiger charge is 2.24. The molecule has 1 aromatic heterocycles. The van der Waals surface area contributed by atoms with Crippen LogP contribution in [0.3, 0.4) is 0 Å². The Hall–Kier alpha value is -3.59. The lowest BCUT2D eigenvalue weighted by atomic mass is 9.96. The van der Waals surface area contributed by atoms with Crippen LogP contribution in [0.15, 0.2) is 47.4 Å². The second-order valence-electron chi connectivity index (χ2n) is 6.78. The molecule has 1 heterocycles. The van der Waals surface area contributed by atoms with Crippen LogP contribution in [0.5, 0.6) is 0 Å². The third kappa shape index (κ3) is 4.77. The van der Waals surface area contributed by atoms with Gasteiger partial charge >= 0.3 is 0 Å². The van der Waals surface area contributed by atoms with E-state index in [1.165, 1.54) is 35.6 Å². The van der Waals surface area contributed by atoms with Crippen LogP contribution < -0.4 is 11.1 Å². The number of nitrogens with one attached hydrogen (secondary N) is 1. The molecule has 9 heteroatoms. The number of allylic oxidation sites excluding steroid dienone is 1. The zero-order chi connectivity index (χ0) is 22.5. The summed E-state index contributed by atoms with van der Waals surface area (Å²) in [4.78, 5) is 25.4. The van der Waals surface area contributed by atoms with Gasteiger partial charge in [0.2, 0.25) is 0 Å². The molecule has 1 aliphatic carbocycles. The van der Waals surface area contributed by atoms with Gasteiger partial charge in [0.25, 0.3) is 5.91 Å². The van der Waals surface area contributed by atoms with Crippen molar-refractivity contribution >= 4 is 39.6 Å². The van der Waals surface area contributed by atoms with Crippen molar-refractivity contribution in [2.24, 2.45) is 5.73 Å². The van der Waals surface area contributed by atoms with Gasteiger partial charge < -0.3 is 16.2 Å². The molecule has 1 aromatic carbocycles. The number of amides is 1. The molecule has 0 spiro atoms. The Morgan fingerprint density at radius 2 is 1.87 bits per heavy atom. The predicted octanol–water partition coefficient (Wildman–Crippen LogP) is 4.15. The summed E-state index contributed by atoms with van der Waals surface area (Å²) in [5.41, 5.74) is 5.93. The van der Waals surface area contributed by atoms with Gasteiger partial charge in [-0.15, -0.1) is 11.3 Å². The number of carbonyl (C=O) groups is 2. The number of aryl methyl sites for hydroxylation is 1. The zero-order valence-electron chi connectivity index (χ0n) is 16.2. The molecule has 0 saturated carbocycles. The van der Waals surface area contributed by atoms with Crippen LogP contribution in [-0.2, 0) is 17.6 Å². The molecule has 4 N–H and O–H groups in total. The fourth-order valence-electron chi connectivity index (χ4n) is 3.25. The number of rotatable bonds is 6. The smallest absolute Gasteiger partial charge is 0.263 e. The van der Waals surface area contributed by atoms with Gasteiger partial charge in [0, 0.05) is 21.5 Å². The summed E-state index contributed by atoms with van der Waals surface area (Å²) >= 11 is 7.20. The van der Waals surface area contributed by atoms with Gasteiger partial charge in [-0.2, -0.15) is 10.5 Å². The number of nitriles is 2. The van der Waals surface area contributed by atoms with Crippen LogP contribution in [0.2, 0.25) is 5.02 Å². The number of nitrogens with zero attached hydrogens (tertiary/aromatic N) is 2. The van der Waals surface area contributed by atoms with Crippen molar-refractivity contribution < 1.29 is 14.7 Å². The first-order valence-electron chi connectivity index (χ1n) is 9.32. The Balaban J connectivity index is 2.09. The first kappa shape index (κ1) is 22.1. The van der Waals surface area contributed by atoms with Crippen LogP contribution in [0.25, 0.3) is 0 Å². The van der Waals surface area contributed by atoms with Crippen LogP contribution in [-0.4, -0.2) is 16.8 Å². The normalized spacial score (nSPS) is 14.0. The number of nitrogens with two attached hydrogens (primary N) is 1. The molecule has 0 fully saturated rings.